The van der Waals surface area contributed by atoms with Crippen molar-refractivity contribution in [1.29, 1.82) is 0 Å². The minimum atomic E-state index is -0.705. The summed E-state index contributed by atoms with van der Waals surface area (Å²) < 4.78 is 13.4. The van der Waals surface area contributed by atoms with Crippen molar-refractivity contribution in [3.63, 3.8) is 0 Å². The van der Waals surface area contributed by atoms with E-state index >= 15 is 0 Å². The lowest BCUT2D eigenvalue weighted by Gasteiger charge is -2.31. The minimum Gasteiger partial charge on any atom is -0.350 e. The van der Waals surface area contributed by atoms with E-state index in [9.17, 15) is 14.0 Å². The number of hydrogen-bond acceptors (Lipinski definition) is 2. The molecule has 0 spiro atoms. The quantitative estimate of drug-likeness (QED) is 0.426. The Labute approximate surface area is 199 Å². The fourth-order valence-corrected chi connectivity index (χ4v) is 3.73. The summed E-state index contributed by atoms with van der Waals surface area (Å²) in [6, 6.07) is 22.2. The van der Waals surface area contributed by atoms with Gasteiger partial charge in [-0.2, -0.15) is 0 Å². The van der Waals surface area contributed by atoms with Crippen molar-refractivity contribution in [3.8, 4) is 0 Å². The van der Waals surface area contributed by atoms with Crippen LogP contribution in [-0.2, 0) is 29.1 Å². The summed E-state index contributed by atoms with van der Waals surface area (Å²) in [4.78, 5) is 28.1. The van der Waals surface area contributed by atoms with E-state index in [0.29, 0.717) is 30.8 Å². The van der Waals surface area contributed by atoms with Gasteiger partial charge in [0.2, 0.25) is 11.8 Å². The molecule has 2 amide bonds. The Kier molecular flexibility index (Phi) is 9.02. The van der Waals surface area contributed by atoms with Crippen molar-refractivity contribution >= 4 is 23.4 Å². The van der Waals surface area contributed by atoms with Crippen LogP contribution in [0, 0.1) is 5.82 Å². The second kappa shape index (κ2) is 12.2. The largest absolute Gasteiger partial charge is 0.350 e. The van der Waals surface area contributed by atoms with Crippen LogP contribution in [0.4, 0.5) is 4.39 Å². The highest BCUT2D eigenvalue weighted by Crippen LogP contribution is 2.17. The summed E-state index contributed by atoms with van der Waals surface area (Å²) in [5.74, 6) is -0.684. The van der Waals surface area contributed by atoms with Gasteiger partial charge in [-0.25, -0.2) is 4.39 Å². The summed E-state index contributed by atoms with van der Waals surface area (Å²) in [7, 11) is 0. The van der Waals surface area contributed by atoms with Gasteiger partial charge in [0.05, 0.1) is 0 Å². The van der Waals surface area contributed by atoms with Gasteiger partial charge in [-0.1, -0.05) is 73.1 Å². The maximum Gasteiger partial charge on any atom is 0.243 e. The first-order valence-corrected chi connectivity index (χ1v) is 11.4. The van der Waals surface area contributed by atoms with Crippen LogP contribution in [0.5, 0.6) is 0 Å². The molecule has 1 atom stereocenters. The molecule has 3 aromatic carbocycles. The third kappa shape index (κ3) is 7.43. The molecule has 0 saturated carbocycles. The van der Waals surface area contributed by atoms with E-state index in [1.165, 1.54) is 12.1 Å². The van der Waals surface area contributed by atoms with E-state index in [4.69, 9.17) is 11.6 Å². The Hall–Kier alpha value is -3.18. The van der Waals surface area contributed by atoms with E-state index in [1.807, 2.05) is 49.4 Å². The van der Waals surface area contributed by atoms with E-state index in [1.54, 1.807) is 29.2 Å². The van der Waals surface area contributed by atoms with Crippen molar-refractivity contribution < 1.29 is 14.0 Å². The number of carbonyl (C=O) groups is 2. The topological polar surface area (TPSA) is 49.4 Å². The van der Waals surface area contributed by atoms with E-state index in [2.05, 4.69) is 5.32 Å². The number of nitrogens with one attached hydrogen (secondary N) is 1. The SMILES string of the molecule is CCCC(=O)N(Cc1ccc(F)cc1)[C@H](Cc1ccccc1)C(=O)NCc1ccc(Cl)cc1. The normalized spacial score (nSPS) is 11.6. The van der Waals surface area contributed by atoms with Crippen LogP contribution in [0.15, 0.2) is 78.9 Å². The third-order valence-corrected chi connectivity index (χ3v) is 5.63. The fourth-order valence-electron chi connectivity index (χ4n) is 3.61. The first kappa shape index (κ1) is 24.5. The molecule has 0 fully saturated rings. The van der Waals surface area contributed by atoms with Crippen LogP contribution in [0.25, 0.3) is 0 Å². The maximum absolute atomic E-state index is 13.4. The zero-order chi connectivity index (χ0) is 23.6. The lowest BCUT2D eigenvalue weighted by Crippen LogP contribution is -2.50. The average molecular weight is 467 g/mol. The van der Waals surface area contributed by atoms with Crippen LogP contribution in [-0.4, -0.2) is 22.8 Å². The minimum absolute atomic E-state index is 0.107. The molecule has 6 heteroatoms. The van der Waals surface area contributed by atoms with Gasteiger partial charge in [0.15, 0.2) is 0 Å². The van der Waals surface area contributed by atoms with Crippen LogP contribution in [0.3, 0.4) is 0 Å². The molecule has 0 bridgehead atoms. The van der Waals surface area contributed by atoms with E-state index in [0.717, 1.165) is 16.7 Å². The number of hydrogen-bond donors (Lipinski definition) is 1. The van der Waals surface area contributed by atoms with Gasteiger partial charge < -0.3 is 10.2 Å². The Morgan fingerprint density at radius 1 is 0.909 bits per heavy atom. The lowest BCUT2D eigenvalue weighted by atomic mass is 10.0. The molecular weight excluding hydrogens is 439 g/mol. The maximum atomic E-state index is 13.4. The zero-order valence-electron chi connectivity index (χ0n) is 18.6. The Balaban J connectivity index is 1.86. The molecule has 0 unspecified atom stereocenters. The van der Waals surface area contributed by atoms with Crippen molar-refractivity contribution in [1.82, 2.24) is 10.2 Å². The molecule has 0 heterocycles. The highest BCUT2D eigenvalue weighted by atomic mass is 35.5. The second-order valence-electron chi connectivity index (χ2n) is 7.95. The average Bonchev–Trinajstić information content (AvgIpc) is 2.82. The van der Waals surface area contributed by atoms with Gasteiger partial charge in [-0.3, -0.25) is 9.59 Å². The van der Waals surface area contributed by atoms with Gasteiger partial charge in [-0.05, 0) is 47.4 Å². The number of amides is 2. The molecule has 0 aliphatic heterocycles. The van der Waals surface area contributed by atoms with Crippen molar-refractivity contribution in [3.05, 3.63) is 106 Å². The standard InChI is InChI=1S/C27H28ClFN2O2/c1-2-6-26(32)31(19-22-11-15-24(29)16-12-22)25(17-20-7-4-3-5-8-20)27(33)30-18-21-9-13-23(28)14-10-21/h3-5,7-16,25H,2,6,17-19H2,1H3,(H,30,33)/t25-/m1/s1. The van der Waals surface area contributed by atoms with Gasteiger partial charge in [0.1, 0.15) is 11.9 Å². The number of carbonyl (C=O) groups excluding carboxylic acids is 2. The van der Waals surface area contributed by atoms with Crippen LogP contribution in [0.2, 0.25) is 5.02 Å². The lowest BCUT2D eigenvalue weighted by molar-refractivity contribution is -0.141. The Morgan fingerprint density at radius 2 is 1.55 bits per heavy atom. The molecule has 4 nitrogen and oxygen atoms in total. The second-order valence-corrected chi connectivity index (χ2v) is 8.38. The predicted octanol–water partition coefficient (Wildman–Crippen LogP) is 5.54. The Morgan fingerprint density at radius 3 is 2.18 bits per heavy atom. The van der Waals surface area contributed by atoms with Crippen LogP contribution in [0.1, 0.15) is 36.5 Å². The van der Waals surface area contributed by atoms with Gasteiger partial charge in [-0.15, -0.1) is 0 Å². The number of benzene rings is 3. The van der Waals surface area contributed by atoms with Gasteiger partial charge >= 0.3 is 0 Å². The summed E-state index contributed by atoms with van der Waals surface area (Å²) >= 11 is 5.95. The first-order chi connectivity index (χ1) is 16.0. The molecule has 0 aromatic heterocycles. The summed E-state index contributed by atoms with van der Waals surface area (Å²) in [5.41, 5.74) is 2.64. The zero-order valence-corrected chi connectivity index (χ0v) is 19.4. The van der Waals surface area contributed by atoms with Crippen molar-refractivity contribution in [2.75, 3.05) is 0 Å². The summed E-state index contributed by atoms with van der Waals surface area (Å²) in [6.45, 7) is 2.49. The molecule has 33 heavy (non-hydrogen) atoms. The fraction of sp³-hybridized carbons (Fsp3) is 0.259. The van der Waals surface area contributed by atoms with Crippen molar-refractivity contribution in [2.24, 2.45) is 0 Å². The van der Waals surface area contributed by atoms with Gasteiger partial charge in [0.25, 0.3) is 0 Å². The highest BCUT2D eigenvalue weighted by Gasteiger charge is 2.29. The molecule has 0 aliphatic carbocycles. The monoisotopic (exact) mass is 466 g/mol. The smallest absolute Gasteiger partial charge is 0.243 e. The Bertz CT molecular complexity index is 1040. The molecular formula is C27H28ClFN2O2. The van der Waals surface area contributed by atoms with Crippen LogP contribution >= 0.6 is 11.6 Å². The van der Waals surface area contributed by atoms with Crippen LogP contribution < -0.4 is 5.32 Å². The molecule has 0 radical (unpaired) electrons. The molecule has 172 valence electrons. The third-order valence-electron chi connectivity index (χ3n) is 5.38. The highest BCUT2D eigenvalue weighted by molar-refractivity contribution is 6.30. The van der Waals surface area contributed by atoms with Gasteiger partial charge in [0, 0.05) is 31.0 Å². The number of rotatable bonds is 10. The summed E-state index contributed by atoms with van der Waals surface area (Å²) in [6.07, 6.45) is 1.38. The summed E-state index contributed by atoms with van der Waals surface area (Å²) in [5, 5.41) is 3.60. The predicted molar refractivity (Wildman–Crippen MR) is 129 cm³/mol. The van der Waals surface area contributed by atoms with E-state index in [-0.39, 0.29) is 24.2 Å². The molecule has 3 aromatic rings. The number of nitrogens with zero attached hydrogens (tertiary/aromatic N) is 1. The molecule has 0 aliphatic rings. The molecule has 0 saturated heterocycles. The molecule has 1 N–H and O–H groups in total. The number of halogens is 2. The van der Waals surface area contributed by atoms with Crippen molar-refractivity contribution in [2.45, 2.75) is 45.3 Å². The first-order valence-electron chi connectivity index (χ1n) is 11.1. The molecule has 3 rings (SSSR count). The van der Waals surface area contributed by atoms with E-state index < -0.39 is 6.04 Å².